The molecule has 140 valence electrons. The van der Waals surface area contributed by atoms with E-state index >= 15 is 0 Å². The monoisotopic (exact) mass is 394 g/mol. The van der Waals surface area contributed by atoms with Gasteiger partial charge in [-0.1, -0.05) is 6.07 Å². The molecule has 0 aliphatic carbocycles. The van der Waals surface area contributed by atoms with Crippen LogP contribution in [0.2, 0.25) is 0 Å². The summed E-state index contributed by atoms with van der Waals surface area (Å²) in [6.45, 7) is 0.449. The molecule has 2 heterocycles. The first kappa shape index (κ1) is 18.2. The lowest BCUT2D eigenvalue weighted by Gasteiger charge is -2.27. The first-order chi connectivity index (χ1) is 13.5. The maximum absolute atomic E-state index is 13.1. The summed E-state index contributed by atoms with van der Waals surface area (Å²) in [7, 11) is -3.72. The van der Waals surface area contributed by atoms with E-state index in [2.05, 4.69) is 9.97 Å². The van der Waals surface area contributed by atoms with Crippen LogP contribution in [0.3, 0.4) is 0 Å². The molecule has 6 nitrogen and oxygen atoms in total. The highest BCUT2D eigenvalue weighted by atomic mass is 32.2. The minimum absolute atomic E-state index is 0.0962. The van der Waals surface area contributed by atoms with E-state index in [4.69, 9.17) is 5.26 Å². The van der Waals surface area contributed by atoms with Gasteiger partial charge in [0.25, 0.3) is 0 Å². The van der Waals surface area contributed by atoms with Gasteiger partial charge in [-0.3, -0.25) is 0 Å². The summed E-state index contributed by atoms with van der Waals surface area (Å²) in [5.74, 6) is 0.153. The smallest absolute Gasteiger partial charge is 0.236 e. The van der Waals surface area contributed by atoms with Gasteiger partial charge in [-0.2, -0.15) is 9.57 Å². The summed E-state index contributed by atoms with van der Waals surface area (Å²) in [6, 6.07) is 13.9. The average molecular weight is 394 g/mol. The third kappa shape index (κ3) is 3.38. The number of sulfonamides is 1. The summed E-state index contributed by atoms with van der Waals surface area (Å²) in [6.07, 6.45) is 2.07. The molecule has 8 heteroatoms. The second kappa shape index (κ2) is 7.11. The number of fused-ring (bicyclic) bond motifs is 1. The Hall–Kier alpha value is -3.15. The van der Waals surface area contributed by atoms with E-state index in [-0.39, 0.29) is 23.8 Å². The minimum atomic E-state index is -3.72. The van der Waals surface area contributed by atoms with Gasteiger partial charge in [0.1, 0.15) is 5.82 Å². The van der Waals surface area contributed by atoms with E-state index in [9.17, 15) is 12.8 Å². The van der Waals surface area contributed by atoms with Crippen molar-refractivity contribution in [3.63, 3.8) is 0 Å². The quantitative estimate of drug-likeness (QED) is 0.682. The zero-order valence-electron chi connectivity index (χ0n) is 14.7. The molecule has 0 radical (unpaired) electrons. The Morgan fingerprint density at radius 3 is 2.68 bits per heavy atom. The molecule has 0 atom stereocenters. The second-order valence-corrected chi connectivity index (χ2v) is 8.34. The fraction of sp³-hybridized carbons (Fsp3) is 0.150. The van der Waals surface area contributed by atoms with Gasteiger partial charge in [-0.25, -0.2) is 22.8 Å². The van der Waals surface area contributed by atoms with Crippen molar-refractivity contribution in [2.75, 3.05) is 6.54 Å². The van der Waals surface area contributed by atoms with Crippen LogP contribution < -0.4 is 0 Å². The van der Waals surface area contributed by atoms with Crippen molar-refractivity contribution in [3.8, 4) is 17.5 Å². The molecule has 0 saturated heterocycles. The summed E-state index contributed by atoms with van der Waals surface area (Å²) in [5.41, 5.74) is 2.52. The first-order valence-corrected chi connectivity index (χ1v) is 10.0. The van der Waals surface area contributed by atoms with Gasteiger partial charge in [0.2, 0.25) is 10.0 Å². The topological polar surface area (TPSA) is 87.0 Å². The third-order valence-corrected chi connectivity index (χ3v) is 6.44. The highest BCUT2D eigenvalue weighted by molar-refractivity contribution is 7.89. The fourth-order valence-corrected chi connectivity index (χ4v) is 4.57. The number of halogens is 1. The Morgan fingerprint density at radius 1 is 1.14 bits per heavy atom. The van der Waals surface area contributed by atoms with E-state index < -0.39 is 10.0 Å². The molecule has 0 unspecified atom stereocenters. The Balaban J connectivity index is 1.61. The summed E-state index contributed by atoms with van der Waals surface area (Å²) >= 11 is 0. The van der Waals surface area contributed by atoms with Crippen molar-refractivity contribution in [3.05, 3.63) is 77.4 Å². The van der Waals surface area contributed by atoms with Crippen LogP contribution in [0.5, 0.6) is 0 Å². The Kier molecular flexibility index (Phi) is 4.63. The third-order valence-electron chi connectivity index (χ3n) is 4.60. The number of hydrogen-bond donors (Lipinski definition) is 0. The Bertz CT molecular complexity index is 1190. The first-order valence-electron chi connectivity index (χ1n) is 8.58. The van der Waals surface area contributed by atoms with E-state index in [1.54, 1.807) is 30.5 Å². The lowest BCUT2D eigenvalue weighted by molar-refractivity contribution is 0.387. The molecule has 3 aromatic rings. The number of nitrogens with zero attached hydrogens (tertiary/aromatic N) is 4. The van der Waals surface area contributed by atoms with Crippen molar-refractivity contribution in [1.82, 2.24) is 14.3 Å². The normalized spacial score (nSPS) is 14.3. The van der Waals surface area contributed by atoms with Crippen LogP contribution in [0.4, 0.5) is 4.39 Å². The average Bonchev–Trinajstić information content (AvgIpc) is 2.73. The molecule has 2 aromatic carbocycles. The molecule has 28 heavy (non-hydrogen) atoms. The van der Waals surface area contributed by atoms with Crippen LogP contribution in [0.25, 0.3) is 11.4 Å². The molecule has 0 bridgehead atoms. The largest absolute Gasteiger partial charge is 0.243 e. The fourth-order valence-electron chi connectivity index (χ4n) is 3.11. The number of hydrogen-bond acceptors (Lipinski definition) is 5. The van der Waals surface area contributed by atoms with Crippen LogP contribution in [0.1, 0.15) is 16.8 Å². The van der Waals surface area contributed by atoms with Gasteiger partial charge in [0.15, 0.2) is 5.82 Å². The minimum Gasteiger partial charge on any atom is -0.236 e. The molecule has 1 aromatic heterocycles. The van der Waals surface area contributed by atoms with Crippen LogP contribution >= 0.6 is 0 Å². The zero-order chi connectivity index (χ0) is 19.7. The van der Waals surface area contributed by atoms with Crippen LogP contribution in [-0.4, -0.2) is 29.2 Å². The van der Waals surface area contributed by atoms with Crippen molar-refractivity contribution in [2.45, 2.75) is 17.9 Å². The maximum atomic E-state index is 13.1. The van der Waals surface area contributed by atoms with E-state index in [1.807, 2.05) is 6.07 Å². The highest BCUT2D eigenvalue weighted by Crippen LogP contribution is 2.26. The van der Waals surface area contributed by atoms with Crippen LogP contribution in [-0.2, 0) is 23.0 Å². The Labute approximate surface area is 162 Å². The standard InChI is InChI=1S/C20H15FN4O2S/c21-17-6-4-15(5-7-17)20-23-12-16-13-25(9-8-19(16)24-20)28(26,27)18-3-1-2-14(10-18)11-22/h1-7,10,12H,8-9,13H2. The van der Waals surface area contributed by atoms with Gasteiger partial charge < -0.3 is 0 Å². The molecule has 1 aliphatic rings. The van der Waals surface area contributed by atoms with Crippen molar-refractivity contribution >= 4 is 10.0 Å². The van der Waals surface area contributed by atoms with Crippen molar-refractivity contribution in [2.24, 2.45) is 0 Å². The molecule has 0 saturated carbocycles. The molecule has 0 amide bonds. The molecular weight excluding hydrogens is 379 g/mol. The second-order valence-electron chi connectivity index (χ2n) is 6.40. The van der Waals surface area contributed by atoms with Crippen LogP contribution in [0, 0.1) is 17.1 Å². The van der Waals surface area contributed by atoms with Gasteiger partial charge >= 0.3 is 0 Å². The molecule has 1 aliphatic heterocycles. The molecule has 0 fully saturated rings. The van der Waals surface area contributed by atoms with Crippen molar-refractivity contribution < 1.29 is 12.8 Å². The van der Waals surface area contributed by atoms with E-state index in [0.29, 0.717) is 23.4 Å². The highest BCUT2D eigenvalue weighted by Gasteiger charge is 2.29. The van der Waals surface area contributed by atoms with Gasteiger partial charge in [0.05, 0.1) is 22.2 Å². The number of nitriles is 1. The van der Waals surface area contributed by atoms with Crippen LogP contribution in [0.15, 0.2) is 59.6 Å². The summed E-state index contributed by atoms with van der Waals surface area (Å²) in [4.78, 5) is 8.94. The number of benzene rings is 2. The predicted octanol–water partition coefficient (Wildman–Crippen LogP) is 2.90. The predicted molar refractivity (Wildman–Crippen MR) is 99.9 cm³/mol. The van der Waals surface area contributed by atoms with Crippen molar-refractivity contribution in [1.29, 1.82) is 5.26 Å². The summed E-state index contributed by atoms with van der Waals surface area (Å²) in [5, 5.41) is 9.01. The van der Waals surface area contributed by atoms with E-state index in [1.165, 1.54) is 28.6 Å². The number of aromatic nitrogens is 2. The molecule has 0 N–H and O–H groups in total. The summed E-state index contributed by atoms with van der Waals surface area (Å²) < 4.78 is 40.3. The lowest BCUT2D eigenvalue weighted by atomic mass is 10.1. The molecular formula is C20H15FN4O2S. The van der Waals surface area contributed by atoms with Gasteiger partial charge in [-0.15, -0.1) is 0 Å². The van der Waals surface area contributed by atoms with Gasteiger partial charge in [-0.05, 0) is 42.5 Å². The maximum Gasteiger partial charge on any atom is 0.243 e. The molecule has 0 spiro atoms. The Morgan fingerprint density at radius 2 is 1.93 bits per heavy atom. The lowest BCUT2D eigenvalue weighted by Crippen LogP contribution is -2.36. The molecule has 4 rings (SSSR count). The SMILES string of the molecule is N#Cc1cccc(S(=O)(=O)N2CCc3nc(-c4ccc(F)cc4)ncc3C2)c1. The zero-order valence-corrected chi connectivity index (χ0v) is 15.5. The number of rotatable bonds is 3. The van der Waals surface area contributed by atoms with Gasteiger partial charge in [0, 0.05) is 36.8 Å². The van der Waals surface area contributed by atoms with E-state index in [0.717, 1.165) is 11.3 Å².